The van der Waals surface area contributed by atoms with Crippen LogP contribution in [0.5, 0.6) is 0 Å². The lowest BCUT2D eigenvalue weighted by Crippen LogP contribution is -2.06. The zero-order valence-corrected chi connectivity index (χ0v) is 11.0. The van der Waals surface area contributed by atoms with E-state index in [0.29, 0.717) is 11.5 Å². The normalized spacial score (nSPS) is 10.7. The van der Waals surface area contributed by atoms with Crippen molar-refractivity contribution in [2.75, 3.05) is 0 Å². The lowest BCUT2D eigenvalue weighted by atomic mass is 10.3. The molecular formula is C11H12ClN3O3. The molecule has 2 aromatic heterocycles. The molecule has 6 nitrogen and oxygen atoms in total. The summed E-state index contributed by atoms with van der Waals surface area (Å²) in [4.78, 5) is 11.9. The average Bonchev–Trinajstić information content (AvgIpc) is 2.82. The highest BCUT2D eigenvalue weighted by Gasteiger charge is 2.20. The predicted molar refractivity (Wildman–Crippen MR) is 63.3 cm³/mol. The maximum atomic E-state index is 11.9. The smallest absolute Gasteiger partial charge is 0.343 e. The Hall–Kier alpha value is -1.82. The zero-order chi connectivity index (χ0) is 13.3. The highest BCUT2D eigenvalue weighted by atomic mass is 35.5. The molecule has 0 aliphatic rings. The van der Waals surface area contributed by atoms with Gasteiger partial charge in [0.15, 0.2) is 12.4 Å². The molecule has 0 aromatic carbocycles. The molecule has 18 heavy (non-hydrogen) atoms. The fourth-order valence-electron chi connectivity index (χ4n) is 1.56. The van der Waals surface area contributed by atoms with Gasteiger partial charge in [0.2, 0.25) is 0 Å². The summed E-state index contributed by atoms with van der Waals surface area (Å²) in [5.41, 5.74) is 1.54. The SMILES string of the molecule is Cc1cc(COC(=O)c2c(C)nn(C)c2Cl)on1. The Morgan fingerprint density at radius 3 is 2.78 bits per heavy atom. The van der Waals surface area contributed by atoms with E-state index in [4.69, 9.17) is 20.9 Å². The predicted octanol–water partition coefficient (Wildman–Crippen LogP) is 2.04. The van der Waals surface area contributed by atoms with Crippen LogP contribution in [0.25, 0.3) is 0 Å². The molecule has 7 heteroatoms. The van der Waals surface area contributed by atoms with Crippen LogP contribution in [-0.4, -0.2) is 20.9 Å². The number of aryl methyl sites for hydroxylation is 3. The van der Waals surface area contributed by atoms with Crippen LogP contribution in [0.1, 0.15) is 27.5 Å². The quantitative estimate of drug-likeness (QED) is 0.798. The molecule has 96 valence electrons. The van der Waals surface area contributed by atoms with Crippen molar-refractivity contribution >= 4 is 17.6 Å². The maximum Gasteiger partial charge on any atom is 0.343 e. The van der Waals surface area contributed by atoms with Gasteiger partial charge < -0.3 is 9.26 Å². The molecule has 0 spiro atoms. The van der Waals surface area contributed by atoms with Crippen molar-refractivity contribution in [3.05, 3.63) is 33.9 Å². The second-order valence-electron chi connectivity index (χ2n) is 3.89. The first kappa shape index (κ1) is 12.6. The summed E-state index contributed by atoms with van der Waals surface area (Å²) >= 11 is 5.96. The molecule has 2 rings (SSSR count). The average molecular weight is 270 g/mol. The summed E-state index contributed by atoms with van der Waals surface area (Å²) in [5.74, 6) is -0.0434. The van der Waals surface area contributed by atoms with Gasteiger partial charge in [-0.2, -0.15) is 5.10 Å². The molecule has 0 fully saturated rings. The molecule has 0 N–H and O–H groups in total. The van der Waals surface area contributed by atoms with Crippen LogP contribution in [-0.2, 0) is 18.4 Å². The Balaban J connectivity index is 2.08. The van der Waals surface area contributed by atoms with Crippen molar-refractivity contribution in [1.82, 2.24) is 14.9 Å². The first-order valence-electron chi connectivity index (χ1n) is 5.27. The molecule has 0 unspecified atom stereocenters. The minimum Gasteiger partial charge on any atom is -0.454 e. The lowest BCUT2D eigenvalue weighted by molar-refractivity contribution is 0.0436. The molecule has 2 aromatic rings. The van der Waals surface area contributed by atoms with E-state index in [2.05, 4.69) is 10.3 Å². The minimum absolute atomic E-state index is 0.0182. The van der Waals surface area contributed by atoms with E-state index in [9.17, 15) is 4.79 Å². The van der Waals surface area contributed by atoms with Crippen molar-refractivity contribution in [1.29, 1.82) is 0 Å². The van der Waals surface area contributed by atoms with Gasteiger partial charge in [-0.15, -0.1) is 0 Å². The first-order valence-corrected chi connectivity index (χ1v) is 5.65. The standard InChI is InChI=1S/C11H12ClN3O3/c1-6-4-8(18-14-6)5-17-11(16)9-7(2)13-15(3)10(9)12/h4H,5H2,1-3H3. The fraction of sp³-hybridized carbons (Fsp3) is 0.364. The van der Waals surface area contributed by atoms with E-state index >= 15 is 0 Å². The number of rotatable bonds is 3. The van der Waals surface area contributed by atoms with E-state index in [1.807, 2.05) is 0 Å². The molecule has 0 aliphatic carbocycles. The van der Waals surface area contributed by atoms with Gasteiger partial charge in [-0.05, 0) is 13.8 Å². The van der Waals surface area contributed by atoms with Gasteiger partial charge in [-0.3, -0.25) is 4.68 Å². The van der Waals surface area contributed by atoms with Crippen LogP contribution in [0.3, 0.4) is 0 Å². The molecule has 2 heterocycles. The van der Waals surface area contributed by atoms with Crippen molar-refractivity contribution < 1.29 is 14.1 Å². The number of halogens is 1. The molecule has 0 radical (unpaired) electrons. The summed E-state index contributed by atoms with van der Waals surface area (Å²) < 4.78 is 11.4. The van der Waals surface area contributed by atoms with E-state index < -0.39 is 5.97 Å². The van der Waals surface area contributed by atoms with Crippen LogP contribution in [0.15, 0.2) is 10.6 Å². The van der Waals surface area contributed by atoms with Crippen molar-refractivity contribution in [2.24, 2.45) is 7.05 Å². The molecule has 0 saturated heterocycles. The molecule has 0 bridgehead atoms. The van der Waals surface area contributed by atoms with Gasteiger partial charge in [0.1, 0.15) is 10.7 Å². The number of nitrogens with zero attached hydrogens (tertiary/aromatic N) is 3. The number of carbonyl (C=O) groups is 1. The second kappa shape index (κ2) is 4.81. The Bertz CT molecular complexity index is 588. The number of carbonyl (C=O) groups excluding carboxylic acids is 1. The highest BCUT2D eigenvalue weighted by molar-refractivity contribution is 6.32. The molecule has 0 aliphatic heterocycles. The van der Waals surface area contributed by atoms with E-state index in [-0.39, 0.29) is 17.3 Å². The van der Waals surface area contributed by atoms with E-state index in [0.717, 1.165) is 5.69 Å². The third kappa shape index (κ3) is 2.38. The third-order valence-corrected chi connectivity index (χ3v) is 2.81. The van der Waals surface area contributed by atoms with Gasteiger partial charge in [0.05, 0.1) is 11.4 Å². The first-order chi connectivity index (χ1) is 8.49. The van der Waals surface area contributed by atoms with Gasteiger partial charge in [-0.1, -0.05) is 16.8 Å². The number of hydrogen-bond donors (Lipinski definition) is 0. The summed E-state index contributed by atoms with van der Waals surface area (Å²) in [6.45, 7) is 3.50. The van der Waals surface area contributed by atoms with Crippen LogP contribution in [0, 0.1) is 13.8 Å². The van der Waals surface area contributed by atoms with Gasteiger partial charge in [-0.25, -0.2) is 4.79 Å². The Labute approximate surface area is 108 Å². The number of hydrogen-bond acceptors (Lipinski definition) is 5. The van der Waals surface area contributed by atoms with Crippen molar-refractivity contribution in [3.63, 3.8) is 0 Å². The summed E-state index contributed by atoms with van der Waals surface area (Å²) in [7, 11) is 1.66. The monoisotopic (exact) mass is 269 g/mol. The third-order valence-electron chi connectivity index (χ3n) is 2.38. The van der Waals surface area contributed by atoms with Crippen LogP contribution in [0.4, 0.5) is 0 Å². The highest BCUT2D eigenvalue weighted by Crippen LogP contribution is 2.20. The minimum atomic E-state index is -0.528. The molecule has 0 saturated carbocycles. The second-order valence-corrected chi connectivity index (χ2v) is 4.24. The maximum absolute atomic E-state index is 11.9. The summed E-state index contributed by atoms with van der Waals surface area (Å²) in [5, 5.41) is 7.99. The molecule has 0 amide bonds. The Kier molecular flexibility index (Phi) is 3.38. The van der Waals surface area contributed by atoms with Crippen LogP contribution in [0.2, 0.25) is 5.15 Å². The topological polar surface area (TPSA) is 70.2 Å². The van der Waals surface area contributed by atoms with E-state index in [1.54, 1.807) is 27.0 Å². The van der Waals surface area contributed by atoms with Gasteiger partial charge >= 0.3 is 5.97 Å². The fourth-order valence-corrected chi connectivity index (χ4v) is 1.81. The zero-order valence-electron chi connectivity index (χ0n) is 10.2. The molecule has 0 atom stereocenters. The van der Waals surface area contributed by atoms with Crippen molar-refractivity contribution in [3.8, 4) is 0 Å². The summed E-state index contributed by atoms with van der Waals surface area (Å²) in [6.07, 6.45) is 0. The number of esters is 1. The largest absolute Gasteiger partial charge is 0.454 e. The van der Waals surface area contributed by atoms with Gasteiger partial charge in [0, 0.05) is 13.1 Å². The lowest BCUT2D eigenvalue weighted by Gasteiger charge is -2.01. The summed E-state index contributed by atoms with van der Waals surface area (Å²) in [6, 6.07) is 1.70. The van der Waals surface area contributed by atoms with Crippen LogP contribution < -0.4 is 0 Å². The number of ether oxygens (including phenoxy) is 1. The van der Waals surface area contributed by atoms with Crippen molar-refractivity contribution in [2.45, 2.75) is 20.5 Å². The van der Waals surface area contributed by atoms with Gasteiger partial charge in [0.25, 0.3) is 0 Å². The molecular weight excluding hydrogens is 258 g/mol. The Morgan fingerprint density at radius 2 is 2.28 bits per heavy atom. The van der Waals surface area contributed by atoms with E-state index in [1.165, 1.54) is 4.68 Å². The number of aromatic nitrogens is 3. The van der Waals surface area contributed by atoms with Crippen LogP contribution >= 0.6 is 11.6 Å². The Morgan fingerprint density at radius 1 is 1.56 bits per heavy atom.